The molecular formula is C18H24ClNO4S. The Labute approximate surface area is 155 Å². The van der Waals surface area contributed by atoms with E-state index < -0.39 is 10.8 Å². The number of hydrogen-bond donors (Lipinski definition) is 1. The molecule has 0 aromatic heterocycles. The fourth-order valence-electron chi connectivity index (χ4n) is 3.50. The first-order valence-electron chi connectivity index (χ1n) is 8.83. The van der Waals surface area contributed by atoms with E-state index in [1.54, 1.807) is 6.07 Å². The highest BCUT2D eigenvalue weighted by Crippen LogP contribution is 2.38. The van der Waals surface area contributed by atoms with Crippen molar-refractivity contribution in [2.24, 2.45) is 0 Å². The molecule has 1 aromatic carbocycles. The highest BCUT2D eigenvalue weighted by molar-refractivity contribution is 7.85. The van der Waals surface area contributed by atoms with Crippen LogP contribution in [0.25, 0.3) is 0 Å². The zero-order chi connectivity index (χ0) is 17.8. The van der Waals surface area contributed by atoms with Crippen molar-refractivity contribution < 1.29 is 18.5 Å². The van der Waals surface area contributed by atoms with Crippen LogP contribution in [0.1, 0.15) is 38.2 Å². The summed E-state index contributed by atoms with van der Waals surface area (Å²) in [6.07, 6.45) is 4.18. The normalized spacial score (nSPS) is 23.8. The molecule has 7 heteroatoms. The Balaban J connectivity index is 1.66. The standard InChI is InChI=1S/C18H24ClNO4S/c1-2-25(22)16-6-4-3-5-14(16)20-17(21)11-12-9-13(19)18-15(10-12)23-7-8-24-18/h9-10,14,16H,2-8,11H2,1H3,(H,20,21)/t14-,16+,25+/m1/s1. The Morgan fingerprint density at radius 2 is 2.04 bits per heavy atom. The molecule has 1 fully saturated rings. The van der Waals surface area contributed by atoms with Gasteiger partial charge >= 0.3 is 0 Å². The zero-order valence-electron chi connectivity index (χ0n) is 14.4. The monoisotopic (exact) mass is 385 g/mol. The van der Waals surface area contributed by atoms with Crippen molar-refractivity contribution in [3.8, 4) is 11.5 Å². The molecule has 1 saturated carbocycles. The number of ether oxygens (including phenoxy) is 2. The smallest absolute Gasteiger partial charge is 0.224 e. The molecule has 138 valence electrons. The lowest BCUT2D eigenvalue weighted by molar-refractivity contribution is -0.121. The molecular weight excluding hydrogens is 362 g/mol. The van der Waals surface area contributed by atoms with Gasteiger partial charge in [-0.2, -0.15) is 0 Å². The van der Waals surface area contributed by atoms with E-state index in [1.165, 1.54) is 0 Å². The maximum absolute atomic E-state index is 12.5. The Morgan fingerprint density at radius 3 is 2.84 bits per heavy atom. The number of rotatable bonds is 5. The van der Waals surface area contributed by atoms with Crippen molar-refractivity contribution >= 4 is 28.3 Å². The minimum absolute atomic E-state index is 0.00489. The summed E-state index contributed by atoms with van der Waals surface area (Å²) in [5.41, 5.74) is 0.788. The lowest BCUT2D eigenvalue weighted by Gasteiger charge is -2.31. The zero-order valence-corrected chi connectivity index (χ0v) is 16.0. The summed E-state index contributed by atoms with van der Waals surface area (Å²) >= 11 is 6.23. The fourth-order valence-corrected chi connectivity index (χ4v) is 5.22. The van der Waals surface area contributed by atoms with Gasteiger partial charge in [-0.25, -0.2) is 0 Å². The van der Waals surface area contributed by atoms with Gasteiger partial charge in [-0.05, 0) is 30.5 Å². The SMILES string of the molecule is CC[S@](=O)[C@H]1CCCC[C@H]1NC(=O)Cc1cc(Cl)c2c(c1)OCCO2. The van der Waals surface area contributed by atoms with Crippen LogP contribution in [-0.4, -0.2) is 40.4 Å². The van der Waals surface area contributed by atoms with Crippen molar-refractivity contribution in [3.63, 3.8) is 0 Å². The third-order valence-electron chi connectivity index (χ3n) is 4.69. The van der Waals surface area contributed by atoms with Gasteiger partial charge in [0.2, 0.25) is 5.91 Å². The van der Waals surface area contributed by atoms with Crippen molar-refractivity contribution in [1.82, 2.24) is 5.32 Å². The van der Waals surface area contributed by atoms with E-state index in [4.69, 9.17) is 21.1 Å². The topological polar surface area (TPSA) is 64.6 Å². The van der Waals surface area contributed by atoms with Crippen LogP contribution in [0.4, 0.5) is 0 Å². The highest BCUT2D eigenvalue weighted by Gasteiger charge is 2.30. The van der Waals surface area contributed by atoms with Crippen molar-refractivity contribution in [1.29, 1.82) is 0 Å². The third-order valence-corrected chi connectivity index (χ3v) is 6.78. The minimum atomic E-state index is -0.884. The minimum Gasteiger partial charge on any atom is -0.486 e. The summed E-state index contributed by atoms with van der Waals surface area (Å²) in [7, 11) is -0.884. The Kier molecular flexibility index (Phi) is 6.23. The molecule has 0 spiro atoms. The number of halogens is 1. The van der Waals surface area contributed by atoms with E-state index in [-0.39, 0.29) is 23.6 Å². The molecule has 1 heterocycles. The molecule has 0 radical (unpaired) electrons. The summed E-state index contributed by atoms with van der Waals surface area (Å²) in [6.45, 7) is 2.89. The van der Waals surface area contributed by atoms with Gasteiger partial charge in [0, 0.05) is 22.6 Å². The van der Waals surface area contributed by atoms with E-state index in [0.29, 0.717) is 35.5 Å². The molecule has 2 aliphatic rings. The summed E-state index contributed by atoms with van der Waals surface area (Å²) in [5.74, 6) is 1.69. The number of carbonyl (C=O) groups is 1. The molecule has 25 heavy (non-hydrogen) atoms. The molecule has 1 N–H and O–H groups in total. The van der Waals surface area contributed by atoms with Crippen LogP contribution in [0.5, 0.6) is 11.5 Å². The first kappa shape index (κ1) is 18.5. The number of hydrogen-bond acceptors (Lipinski definition) is 4. The molecule has 0 unspecified atom stereocenters. The van der Waals surface area contributed by atoms with Crippen LogP contribution < -0.4 is 14.8 Å². The van der Waals surface area contributed by atoms with E-state index in [0.717, 1.165) is 31.2 Å². The average molecular weight is 386 g/mol. The quantitative estimate of drug-likeness (QED) is 0.846. The van der Waals surface area contributed by atoms with Crippen LogP contribution in [0.3, 0.4) is 0 Å². The van der Waals surface area contributed by atoms with Crippen LogP contribution in [0.15, 0.2) is 12.1 Å². The molecule has 3 atom stereocenters. The van der Waals surface area contributed by atoms with Gasteiger partial charge in [0.25, 0.3) is 0 Å². The molecule has 0 bridgehead atoms. The van der Waals surface area contributed by atoms with Gasteiger partial charge in [-0.3, -0.25) is 9.00 Å². The van der Waals surface area contributed by atoms with Crippen LogP contribution >= 0.6 is 11.6 Å². The third kappa shape index (κ3) is 4.47. The first-order valence-corrected chi connectivity index (χ1v) is 10.6. The number of fused-ring (bicyclic) bond motifs is 1. The summed E-state index contributed by atoms with van der Waals surface area (Å²) in [6, 6.07) is 3.55. The van der Waals surface area contributed by atoms with Crippen molar-refractivity contribution in [2.75, 3.05) is 19.0 Å². The summed E-state index contributed by atoms with van der Waals surface area (Å²) in [5, 5.41) is 3.61. The predicted molar refractivity (Wildman–Crippen MR) is 99.0 cm³/mol. The molecule has 0 saturated heterocycles. The van der Waals surface area contributed by atoms with Gasteiger partial charge in [0.15, 0.2) is 11.5 Å². The van der Waals surface area contributed by atoms with Crippen LogP contribution in [-0.2, 0) is 22.0 Å². The predicted octanol–water partition coefficient (Wildman–Crippen LogP) is 2.85. The first-order chi connectivity index (χ1) is 12.1. The summed E-state index contributed by atoms with van der Waals surface area (Å²) in [4.78, 5) is 12.5. The van der Waals surface area contributed by atoms with Crippen molar-refractivity contribution in [3.05, 3.63) is 22.7 Å². The molecule has 1 aliphatic carbocycles. The second kappa shape index (κ2) is 8.41. The lowest BCUT2D eigenvalue weighted by atomic mass is 9.94. The van der Waals surface area contributed by atoms with Gasteiger partial charge < -0.3 is 14.8 Å². The van der Waals surface area contributed by atoms with Crippen molar-refractivity contribution in [2.45, 2.75) is 50.3 Å². The average Bonchev–Trinajstić information content (AvgIpc) is 2.61. The largest absolute Gasteiger partial charge is 0.486 e. The Morgan fingerprint density at radius 1 is 1.28 bits per heavy atom. The number of amides is 1. The van der Waals surface area contributed by atoms with Crippen LogP contribution in [0, 0.1) is 0 Å². The van der Waals surface area contributed by atoms with Gasteiger partial charge in [-0.1, -0.05) is 31.4 Å². The lowest BCUT2D eigenvalue weighted by Crippen LogP contribution is -2.47. The molecule has 3 rings (SSSR count). The van der Waals surface area contributed by atoms with E-state index in [9.17, 15) is 9.00 Å². The van der Waals surface area contributed by atoms with Gasteiger partial charge in [0.1, 0.15) is 13.2 Å². The summed E-state index contributed by atoms with van der Waals surface area (Å²) < 4.78 is 23.3. The maximum atomic E-state index is 12.5. The molecule has 1 aromatic rings. The van der Waals surface area contributed by atoms with E-state index in [2.05, 4.69) is 5.32 Å². The molecule has 5 nitrogen and oxygen atoms in total. The van der Waals surface area contributed by atoms with E-state index in [1.807, 2.05) is 13.0 Å². The Hall–Kier alpha value is -1.27. The second-order valence-corrected chi connectivity index (χ2v) is 8.80. The van der Waals surface area contributed by atoms with Gasteiger partial charge in [0.05, 0.1) is 16.7 Å². The molecule has 1 aliphatic heterocycles. The highest BCUT2D eigenvalue weighted by atomic mass is 35.5. The fraction of sp³-hybridized carbons (Fsp3) is 0.611. The number of benzene rings is 1. The second-order valence-electron chi connectivity index (χ2n) is 6.44. The maximum Gasteiger partial charge on any atom is 0.224 e. The van der Waals surface area contributed by atoms with Gasteiger partial charge in [-0.15, -0.1) is 0 Å². The Bertz CT molecular complexity index is 667. The molecule has 1 amide bonds. The van der Waals surface area contributed by atoms with E-state index >= 15 is 0 Å². The number of carbonyl (C=O) groups excluding carboxylic acids is 1. The van der Waals surface area contributed by atoms with Crippen LogP contribution in [0.2, 0.25) is 5.02 Å². The number of nitrogens with one attached hydrogen (secondary N) is 1.